The molecule has 0 saturated heterocycles. The first kappa shape index (κ1) is 20.3. The smallest absolute Gasteiger partial charge is 0.118 e. The van der Waals surface area contributed by atoms with Crippen LogP contribution in [0.2, 0.25) is 0 Å². The van der Waals surface area contributed by atoms with Crippen molar-refractivity contribution in [3.8, 4) is 0 Å². The molecule has 1 heterocycles. The van der Waals surface area contributed by atoms with Gasteiger partial charge < -0.3 is 15.5 Å². The highest BCUT2D eigenvalue weighted by atomic mass is 35.5. The minimum atomic E-state index is 0. The summed E-state index contributed by atoms with van der Waals surface area (Å²) in [4.78, 5) is 0. The van der Waals surface area contributed by atoms with Gasteiger partial charge in [-0.25, -0.2) is 0 Å². The average molecular weight is 349 g/mol. The van der Waals surface area contributed by atoms with Crippen molar-refractivity contribution in [1.82, 2.24) is 5.32 Å². The van der Waals surface area contributed by atoms with E-state index in [0.29, 0.717) is 0 Å². The Hall–Kier alpha value is -0.650. The fourth-order valence-corrected chi connectivity index (χ4v) is 2.44. The number of nitrogens with one attached hydrogen (secondary N) is 1. The van der Waals surface area contributed by atoms with E-state index < -0.39 is 0 Å². The van der Waals surface area contributed by atoms with Crippen LogP contribution in [0.5, 0.6) is 0 Å². The van der Waals surface area contributed by atoms with Crippen molar-refractivity contribution >= 4 is 36.6 Å². The van der Waals surface area contributed by atoms with Crippen LogP contribution in [0.15, 0.2) is 46.9 Å². The summed E-state index contributed by atoms with van der Waals surface area (Å²) in [6.45, 7) is 2.34. The summed E-state index contributed by atoms with van der Waals surface area (Å²) in [7, 11) is 0. The van der Waals surface area contributed by atoms with Gasteiger partial charge in [0.15, 0.2) is 0 Å². The number of nitrogens with two attached hydrogens (primary N) is 1. The lowest BCUT2D eigenvalue weighted by atomic mass is 10.2. The van der Waals surface area contributed by atoms with E-state index in [1.54, 1.807) is 11.8 Å². The third kappa shape index (κ3) is 7.79. The van der Waals surface area contributed by atoms with Gasteiger partial charge in [0.2, 0.25) is 0 Å². The van der Waals surface area contributed by atoms with Crippen molar-refractivity contribution in [3.05, 3.63) is 59.5 Å². The lowest BCUT2D eigenvalue weighted by molar-refractivity contribution is 0.459. The van der Waals surface area contributed by atoms with Gasteiger partial charge in [0, 0.05) is 18.8 Å². The molecule has 1 aromatic carbocycles. The molecule has 0 unspecified atom stereocenters. The van der Waals surface area contributed by atoms with Crippen LogP contribution >= 0.6 is 36.6 Å². The first-order chi connectivity index (χ1) is 9.38. The van der Waals surface area contributed by atoms with Crippen LogP contribution in [0.3, 0.4) is 0 Å². The van der Waals surface area contributed by atoms with E-state index in [-0.39, 0.29) is 24.8 Å². The third-order valence-corrected chi connectivity index (χ3v) is 3.71. The van der Waals surface area contributed by atoms with Crippen molar-refractivity contribution < 1.29 is 4.42 Å². The molecule has 0 atom stereocenters. The molecule has 21 heavy (non-hydrogen) atoms. The number of hydrogen-bond donors (Lipinski definition) is 2. The van der Waals surface area contributed by atoms with Crippen molar-refractivity contribution in [2.24, 2.45) is 5.73 Å². The van der Waals surface area contributed by atoms with Gasteiger partial charge in [-0.1, -0.05) is 30.3 Å². The molecule has 6 heteroatoms. The second kappa shape index (κ2) is 12.0. The van der Waals surface area contributed by atoms with Crippen LogP contribution in [0.25, 0.3) is 0 Å². The molecule has 0 amide bonds. The van der Waals surface area contributed by atoms with Gasteiger partial charge in [0.05, 0.1) is 12.3 Å². The summed E-state index contributed by atoms with van der Waals surface area (Å²) in [5.74, 6) is 3.88. The zero-order valence-corrected chi connectivity index (χ0v) is 14.2. The highest BCUT2D eigenvalue weighted by Gasteiger charge is 2.02. The van der Waals surface area contributed by atoms with Gasteiger partial charge in [-0.2, -0.15) is 11.8 Å². The predicted octanol–water partition coefficient (Wildman–Crippen LogP) is 3.60. The van der Waals surface area contributed by atoms with Crippen LogP contribution in [0.4, 0.5) is 0 Å². The van der Waals surface area contributed by atoms with E-state index in [0.717, 1.165) is 42.7 Å². The van der Waals surface area contributed by atoms with E-state index >= 15 is 0 Å². The molecule has 1 aromatic heterocycles. The van der Waals surface area contributed by atoms with Crippen LogP contribution in [0, 0.1) is 0 Å². The van der Waals surface area contributed by atoms with Crippen LogP contribution in [-0.4, -0.2) is 12.3 Å². The monoisotopic (exact) mass is 348 g/mol. The van der Waals surface area contributed by atoms with Crippen molar-refractivity contribution in [3.63, 3.8) is 0 Å². The predicted molar refractivity (Wildman–Crippen MR) is 95.4 cm³/mol. The second-order valence-electron chi connectivity index (χ2n) is 4.30. The highest BCUT2D eigenvalue weighted by molar-refractivity contribution is 7.98. The minimum absolute atomic E-state index is 0. The van der Waals surface area contributed by atoms with Gasteiger partial charge in [-0.05, 0) is 17.7 Å². The molecule has 0 aliphatic carbocycles. The Morgan fingerprint density at radius 3 is 2.38 bits per heavy atom. The molecule has 2 rings (SSSR count). The number of halogens is 2. The number of furan rings is 1. The van der Waals surface area contributed by atoms with Crippen molar-refractivity contribution in [1.29, 1.82) is 0 Å². The third-order valence-electron chi connectivity index (χ3n) is 2.69. The average Bonchev–Trinajstić information content (AvgIpc) is 2.88. The summed E-state index contributed by atoms with van der Waals surface area (Å²) >= 11 is 1.80. The number of benzene rings is 1. The molecule has 3 N–H and O–H groups in total. The quantitative estimate of drug-likeness (QED) is 0.715. The summed E-state index contributed by atoms with van der Waals surface area (Å²) in [6, 6.07) is 14.4. The largest absolute Gasteiger partial charge is 0.464 e. The first-order valence-corrected chi connectivity index (χ1v) is 7.64. The molecule has 0 radical (unpaired) electrons. The molecular formula is C15H22Cl2N2OS. The van der Waals surface area contributed by atoms with Crippen LogP contribution < -0.4 is 11.1 Å². The Balaban J connectivity index is 0.00000200. The Bertz CT molecular complexity index is 480. The maximum atomic E-state index is 5.74. The Labute approximate surface area is 142 Å². The molecular weight excluding hydrogens is 327 g/mol. The van der Waals surface area contributed by atoms with Crippen LogP contribution in [0.1, 0.15) is 17.1 Å². The second-order valence-corrected chi connectivity index (χ2v) is 5.40. The molecule has 0 aliphatic heterocycles. The lowest BCUT2D eigenvalue weighted by Crippen LogP contribution is -2.11. The van der Waals surface area contributed by atoms with Gasteiger partial charge in [-0.15, -0.1) is 24.8 Å². The lowest BCUT2D eigenvalue weighted by Gasteiger charge is -2.02. The Morgan fingerprint density at radius 2 is 1.67 bits per heavy atom. The summed E-state index contributed by atoms with van der Waals surface area (Å²) < 4.78 is 5.74. The van der Waals surface area contributed by atoms with E-state index in [1.807, 2.05) is 18.2 Å². The van der Waals surface area contributed by atoms with Crippen LogP contribution in [-0.2, 0) is 18.8 Å². The summed E-state index contributed by atoms with van der Waals surface area (Å²) in [5, 5.41) is 3.38. The Morgan fingerprint density at radius 1 is 0.952 bits per heavy atom. The summed E-state index contributed by atoms with van der Waals surface area (Å²) in [5.41, 5.74) is 6.74. The van der Waals surface area contributed by atoms with E-state index in [9.17, 15) is 0 Å². The molecule has 0 spiro atoms. The molecule has 118 valence electrons. The van der Waals surface area contributed by atoms with Crippen molar-refractivity contribution in [2.75, 3.05) is 12.3 Å². The number of rotatable bonds is 8. The Kier molecular flexibility index (Phi) is 11.6. The normalized spacial score (nSPS) is 9.76. The summed E-state index contributed by atoms with van der Waals surface area (Å²) in [6.07, 6.45) is 0. The van der Waals surface area contributed by atoms with Crippen molar-refractivity contribution in [2.45, 2.75) is 18.8 Å². The van der Waals surface area contributed by atoms with Gasteiger partial charge in [0.25, 0.3) is 0 Å². The fraction of sp³-hybridized carbons (Fsp3) is 0.333. The molecule has 0 fully saturated rings. The number of hydrogen-bond acceptors (Lipinski definition) is 4. The topological polar surface area (TPSA) is 51.2 Å². The molecule has 2 aromatic rings. The fourth-order valence-electron chi connectivity index (χ4n) is 1.78. The highest BCUT2D eigenvalue weighted by Crippen LogP contribution is 2.15. The molecule has 0 saturated carbocycles. The molecule has 0 aliphatic rings. The van der Waals surface area contributed by atoms with Gasteiger partial charge in [-0.3, -0.25) is 0 Å². The van der Waals surface area contributed by atoms with E-state index in [4.69, 9.17) is 10.2 Å². The standard InChI is InChI=1S/C15H20N2OS.2ClH/c16-8-9-19-12-15-7-6-14(18-15)11-17-10-13-4-2-1-3-5-13;;/h1-7,17H,8-12,16H2;2*1H. The SMILES string of the molecule is Cl.Cl.NCCSCc1ccc(CNCc2ccccc2)o1. The van der Waals surface area contributed by atoms with Gasteiger partial charge >= 0.3 is 0 Å². The maximum absolute atomic E-state index is 5.74. The maximum Gasteiger partial charge on any atom is 0.118 e. The zero-order chi connectivity index (χ0) is 13.3. The zero-order valence-electron chi connectivity index (χ0n) is 11.8. The van der Waals surface area contributed by atoms with E-state index in [1.165, 1.54) is 5.56 Å². The minimum Gasteiger partial charge on any atom is -0.464 e. The first-order valence-electron chi connectivity index (χ1n) is 6.48. The van der Waals surface area contributed by atoms with E-state index in [2.05, 4.69) is 29.6 Å². The number of thioether (sulfide) groups is 1. The molecule has 0 bridgehead atoms. The van der Waals surface area contributed by atoms with Gasteiger partial charge in [0.1, 0.15) is 11.5 Å². The molecule has 3 nitrogen and oxygen atoms in total.